The van der Waals surface area contributed by atoms with Crippen molar-refractivity contribution in [3.63, 3.8) is 0 Å². The fraction of sp³-hybridized carbons (Fsp3) is 0.0476. The van der Waals surface area contributed by atoms with Gasteiger partial charge in [-0.25, -0.2) is 0 Å². The zero-order chi connectivity index (χ0) is 38.8. The van der Waals surface area contributed by atoms with Crippen molar-refractivity contribution in [3.05, 3.63) is 150 Å². The molecular weight excluding hydrogens is 520 g/mol. The van der Waals surface area contributed by atoms with Crippen molar-refractivity contribution in [1.82, 2.24) is 0 Å². The highest BCUT2D eigenvalue weighted by molar-refractivity contribution is 6.24. The van der Waals surface area contributed by atoms with Crippen LogP contribution in [0.3, 0.4) is 0 Å². The van der Waals surface area contributed by atoms with Gasteiger partial charge in [0, 0.05) is 30.2 Å². The average Bonchev–Trinajstić information content (AvgIpc) is 3.59. The molecule has 0 radical (unpaired) electrons. The molecule has 7 aromatic carbocycles. The molecule has 0 bridgehead atoms. The summed E-state index contributed by atoms with van der Waals surface area (Å²) in [7, 11) is 0. The van der Waals surface area contributed by atoms with E-state index in [0.717, 1.165) is 21.7 Å². The zero-order valence-corrected chi connectivity index (χ0v) is 22.6. The summed E-state index contributed by atoms with van der Waals surface area (Å²) in [6.45, 7) is 0. The Kier molecular flexibility index (Phi) is 3.38. The maximum absolute atomic E-state index is 9.42. The minimum absolute atomic E-state index is 0.00352. The number of benzene rings is 7. The summed E-state index contributed by atoms with van der Waals surface area (Å²) in [6.07, 6.45) is -2.79. The molecule has 43 heavy (non-hydrogen) atoms. The lowest BCUT2D eigenvalue weighted by Gasteiger charge is -2.19. The lowest BCUT2D eigenvalue weighted by atomic mass is 9.84. The molecular formula is C42H28O. The Morgan fingerprint density at radius 2 is 1.16 bits per heavy atom. The summed E-state index contributed by atoms with van der Waals surface area (Å²) in [6, 6.07) is 22.4. The highest BCUT2D eigenvalue weighted by atomic mass is 16.3. The van der Waals surface area contributed by atoms with Crippen molar-refractivity contribution in [2.24, 2.45) is 0 Å². The molecule has 0 amide bonds. The van der Waals surface area contributed by atoms with Crippen molar-refractivity contribution in [3.8, 4) is 33.4 Å². The highest BCUT2D eigenvalue weighted by Gasteiger charge is 2.21. The van der Waals surface area contributed by atoms with Crippen LogP contribution in [-0.4, -0.2) is 0 Å². The molecule has 1 aromatic heterocycles. The summed E-state index contributed by atoms with van der Waals surface area (Å²) < 4.78 is 110. The molecule has 1 heterocycles. The quantitative estimate of drug-likeness (QED) is 0.196. The van der Waals surface area contributed by atoms with E-state index in [0.29, 0.717) is 44.0 Å². The molecule has 0 fully saturated rings. The van der Waals surface area contributed by atoms with Crippen LogP contribution in [0.25, 0.3) is 82.9 Å². The molecule has 2 atom stereocenters. The van der Waals surface area contributed by atoms with Crippen LogP contribution in [-0.2, 0) is 6.40 Å². The van der Waals surface area contributed by atoms with Gasteiger partial charge < -0.3 is 4.42 Å². The zero-order valence-electron chi connectivity index (χ0n) is 34.6. The Morgan fingerprint density at radius 1 is 0.558 bits per heavy atom. The minimum atomic E-state index is -1.41. The third-order valence-electron chi connectivity index (χ3n) is 8.12. The molecule has 1 aliphatic carbocycles. The molecule has 0 N–H and O–H groups in total. The van der Waals surface area contributed by atoms with Crippen molar-refractivity contribution in [2.75, 3.05) is 0 Å². The number of rotatable bonds is 3. The lowest BCUT2D eigenvalue weighted by Crippen LogP contribution is -1.96. The second-order valence-corrected chi connectivity index (χ2v) is 10.4. The van der Waals surface area contributed by atoms with Crippen LogP contribution in [0.4, 0.5) is 0 Å². The molecule has 0 spiro atoms. The molecule has 0 saturated heterocycles. The van der Waals surface area contributed by atoms with E-state index in [9.17, 15) is 2.74 Å². The van der Waals surface area contributed by atoms with Crippen molar-refractivity contribution in [2.45, 2.75) is 12.8 Å². The van der Waals surface area contributed by atoms with E-state index >= 15 is 0 Å². The summed E-state index contributed by atoms with van der Waals surface area (Å²) in [5.41, 5.74) is 3.24. The number of furan rings is 1. The number of hydrogen-bond acceptors (Lipinski definition) is 1. The Balaban J connectivity index is 1.38. The maximum Gasteiger partial charge on any atom is 0.143 e. The van der Waals surface area contributed by atoms with E-state index in [1.54, 1.807) is 12.1 Å². The molecule has 1 heteroatoms. The molecule has 9 rings (SSSR count). The first-order valence-electron chi connectivity index (χ1n) is 20.1. The van der Waals surface area contributed by atoms with Crippen LogP contribution in [0.1, 0.15) is 34.0 Å². The summed E-state index contributed by atoms with van der Waals surface area (Å²) in [5.74, 6) is 0. The van der Waals surface area contributed by atoms with Crippen LogP contribution < -0.4 is 0 Å². The first kappa shape index (κ1) is 15.2. The van der Waals surface area contributed by atoms with E-state index in [1.807, 2.05) is 72.8 Å². The van der Waals surface area contributed by atoms with Gasteiger partial charge in [-0.05, 0) is 62.2 Å². The molecule has 1 aliphatic rings. The molecule has 8 aromatic rings. The van der Waals surface area contributed by atoms with Gasteiger partial charge in [0.05, 0.1) is 13.7 Å². The number of allylic oxidation sites excluding steroid dienone is 1. The van der Waals surface area contributed by atoms with E-state index in [4.69, 9.17) is 18.1 Å². The Labute approximate surface area is 267 Å². The summed E-state index contributed by atoms with van der Waals surface area (Å²) in [5, 5.41) is 4.24. The largest absolute Gasteiger partial charge is 0.455 e. The Morgan fingerprint density at radius 3 is 1.86 bits per heavy atom. The number of fused-ring (bicyclic) bond motifs is 6. The third-order valence-corrected chi connectivity index (χ3v) is 8.12. The van der Waals surface area contributed by atoms with Gasteiger partial charge in [0.1, 0.15) is 11.2 Å². The van der Waals surface area contributed by atoms with E-state index in [-0.39, 0.29) is 52.5 Å². The van der Waals surface area contributed by atoms with Crippen LogP contribution >= 0.6 is 0 Å². The van der Waals surface area contributed by atoms with E-state index in [1.165, 1.54) is 0 Å². The van der Waals surface area contributed by atoms with Gasteiger partial charge in [-0.3, -0.25) is 0 Å². The van der Waals surface area contributed by atoms with E-state index < -0.39 is 43.0 Å². The van der Waals surface area contributed by atoms with Crippen LogP contribution in [0.15, 0.2) is 144 Å². The lowest BCUT2D eigenvalue weighted by molar-refractivity contribution is 0.671. The second-order valence-electron chi connectivity index (χ2n) is 10.4. The van der Waals surface area contributed by atoms with Crippen LogP contribution in [0, 0.1) is 0 Å². The molecule has 0 saturated carbocycles. The van der Waals surface area contributed by atoms with Crippen LogP contribution in [0.2, 0.25) is 0 Å². The molecule has 1 nitrogen and oxygen atoms in total. The first-order chi connectivity index (χ1) is 26.3. The van der Waals surface area contributed by atoms with Crippen molar-refractivity contribution < 1.29 is 20.9 Å². The Bertz CT molecular complexity index is 2950. The number of para-hydroxylation sites is 2. The minimum Gasteiger partial charge on any atom is -0.455 e. The fourth-order valence-electron chi connectivity index (χ4n) is 6.29. The predicted molar refractivity (Wildman–Crippen MR) is 182 cm³/mol. The molecule has 2 unspecified atom stereocenters. The monoisotopic (exact) mass is 560 g/mol. The average molecular weight is 561 g/mol. The highest BCUT2D eigenvalue weighted by Crippen LogP contribution is 2.47. The molecule has 0 aliphatic heterocycles. The Hall–Kier alpha value is -5.40. The molecule has 202 valence electrons. The van der Waals surface area contributed by atoms with Gasteiger partial charge in [-0.2, -0.15) is 0 Å². The number of hydrogen-bond donors (Lipinski definition) is 0. The second kappa shape index (κ2) is 9.58. The van der Waals surface area contributed by atoms with Crippen molar-refractivity contribution in [1.29, 1.82) is 0 Å². The van der Waals surface area contributed by atoms with E-state index in [2.05, 4.69) is 0 Å². The topological polar surface area (TPSA) is 13.1 Å². The first-order valence-corrected chi connectivity index (χ1v) is 14.0. The van der Waals surface area contributed by atoms with Gasteiger partial charge in [-0.1, -0.05) is 145 Å². The van der Waals surface area contributed by atoms with Gasteiger partial charge in [-0.15, -0.1) is 0 Å². The third kappa shape index (κ3) is 3.72. The standard InChI is InChI=1S/C42H28O/c1-2-13-28(14-3-1)31-20-10-21-36-37-22-11-23-38(42(37)43-41(31)36)40-34-18-8-6-16-32(34)39(33-17-7-9-19-35(33)40)30-25-24-27-12-4-5-15-29(27)26-30/h1-4,6-14,16-26H,5,15H2/i1D,2D,3D,4D,5D,12D,13D,14D,15D,24D,25D,26D. The van der Waals surface area contributed by atoms with Crippen molar-refractivity contribution >= 4 is 49.5 Å². The normalized spacial score (nSPS) is 20.7. The summed E-state index contributed by atoms with van der Waals surface area (Å²) >= 11 is 0. The maximum atomic E-state index is 9.42. The fourth-order valence-corrected chi connectivity index (χ4v) is 6.29. The van der Waals surface area contributed by atoms with Crippen LogP contribution in [0.5, 0.6) is 0 Å². The van der Waals surface area contributed by atoms with Gasteiger partial charge in [0.15, 0.2) is 0 Å². The van der Waals surface area contributed by atoms with Gasteiger partial charge >= 0.3 is 0 Å². The van der Waals surface area contributed by atoms with Gasteiger partial charge in [0.2, 0.25) is 0 Å². The van der Waals surface area contributed by atoms with Gasteiger partial charge in [0.25, 0.3) is 0 Å². The predicted octanol–water partition coefficient (Wildman–Crippen LogP) is 11.9. The SMILES string of the molecule is [2H]C1=C([2H])C([2H])C([2H])c2c([2H])c(-c3c4ccccc4c(-c4cccc5c4oc4c(-c6c([2H])c([2H])c([2H])c([2H])c6[2H])cccc45)c4ccccc34)c([2H])c([2H])c21. The summed E-state index contributed by atoms with van der Waals surface area (Å²) in [4.78, 5) is 0. The smallest absolute Gasteiger partial charge is 0.143 e.